The highest BCUT2D eigenvalue weighted by molar-refractivity contribution is 7.91. The second kappa shape index (κ2) is 14.0. The standard InChI is InChI=1S/C29H36N4O10S2/c1-19-3-9-23(10-4-19)45(41,42)33(27(35)24-18-44(39,40)16-13-30-24)25(28(36)37)17-20-5-7-22(8-6-20)31-26(34)21-11-14-32(15-12-21)29(38)43-2/h3-10,21,24-25,30H,11-18H2,1-2H3,(H,31,34)(H,36,37)/t24?,25-/m0/s1. The number of ether oxygens (including phenoxy) is 1. The maximum absolute atomic E-state index is 13.8. The highest BCUT2D eigenvalue weighted by atomic mass is 32.2. The molecule has 14 nitrogen and oxygen atoms in total. The van der Waals surface area contributed by atoms with E-state index in [2.05, 4.69) is 10.6 Å². The van der Waals surface area contributed by atoms with Gasteiger partial charge in [0, 0.05) is 37.7 Å². The first-order valence-corrected chi connectivity index (χ1v) is 17.5. The summed E-state index contributed by atoms with van der Waals surface area (Å²) in [6, 6.07) is 8.24. The molecule has 244 valence electrons. The molecule has 2 atom stereocenters. The number of hydrogen-bond donors (Lipinski definition) is 3. The number of methoxy groups -OCH3 is 1. The lowest BCUT2D eigenvalue weighted by atomic mass is 9.96. The molecule has 2 fully saturated rings. The van der Waals surface area contributed by atoms with Gasteiger partial charge in [0.05, 0.1) is 23.5 Å². The summed E-state index contributed by atoms with van der Waals surface area (Å²) in [6.07, 6.45) is 0.0355. The summed E-state index contributed by atoms with van der Waals surface area (Å²) in [5.74, 6) is -4.27. The van der Waals surface area contributed by atoms with Crippen molar-refractivity contribution in [1.29, 1.82) is 0 Å². The molecular weight excluding hydrogens is 628 g/mol. The predicted octanol–water partition coefficient (Wildman–Crippen LogP) is 1.01. The molecule has 4 rings (SSSR count). The second-order valence-corrected chi connectivity index (χ2v) is 15.1. The van der Waals surface area contributed by atoms with Gasteiger partial charge in [-0.25, -0.2) is 30.7 Å². The SMILES string of the molecule is COC(=O)N1CCC(C(=O)Nc2ccc(C[C@@H](C(=O)O)N(C(=O)C3CS(=O)(=O)CCN3)S(=O)(=O)c3ccc(C)cc3)cc2)CC1. The summed E-state index contributed by atoms with van der Waals surface area (Å²) in [7, 11) is -7.11. The molecule has 2 aromatic carbocycles. The Bertz CT molecular complexity index is 1640. The van der Waals surface area contributed by atoms with Crippen molar-refractivity contribution in [3.8, 4) is 0 Å². The van der Waals surface area contributed by atoms with Crippen LogP contribution in [0.25, 0.3) is 0 Å². The Balaban J connectivity index is 1.55. The molecular formula is C29H36N4O10S2. The highest BCUT2D eigenvalue weighted by Gasteiger charge is 2.44. The molecule has 0 aliphatic carbocycles. The Hall–Kier alpha value is -4.02. The van der Waals surface area contributed by atoms with Gasteiger partial charge in [0.1, 0.15) is 12.1 Å². The van der Waals surface area contributed by atoms with E-state index in [0.29, 0.717) is 37.2 Å². The molecule has 45 heavy (non-hydrogen) atoms. The minimum Gasteiger partial charge on any atom is -0.480 e. The summed E-state index contributed by atoms with van der Waals surface area (Å²) in [5.41, 5.74) is 1.51. The number of nitrogens with one attached hydrogen (secondary N) is 2. The Labute approximate surface area is 261 Å². The molecule has 2 saturated heterocycles. The molecule has 2 heterocycles. The third kappa shape index (κ3) is 8.18. The summed E-state index contributed by atoms with van der Waals surface area (Å²) in [6.45, 7) is 2.40. The number of carboxylic acid groups (broad SMARTS) is 1. The lowest BCUT2D eigenvalue weighted by molar-refractivity contribution is -0.146. The summed E-state index contributed by atoms with van der Waals surface area (Å²) in [5, 5.41) is 15.7. The predicted molar refractivity (Wildman–Crippen MR) is 163 cm³/mol. The maximum atomic E-state index is 13.8. The van der Waals surface area contributed by atoms with Crippen LogP contribution in [0.2, 0.25) is 0 Å². The molecule has 0 bridgehead atoms. The number of piperidine rings is 1. The molecule has 1 unspecified atom stereocenters. The van der Waals surface area contributed by atoms with Gasteiger partial charge in [-0.3, -0.25) is 9.59 Å². The van der Waals surface area contributed by atoms with Crippen molar-refractivity contribution in [2.75, 3.05) is 43.6 Å². The number of rotatable bonds is 9. The van der Waals surface area contributed by atoms with Gasteiger partial charge in [0.15, 0.2) is 9.84 Å². The highest BCUT2D eigenvalue weighted by Crippen LogP contribution is 2.25. The van der Waals surface area contributed by atoms with Crippen LogP contribution in [0.5, 0.6) is 0 Å². The Morgan fingerprint density at radius 1 is 1.07 bits per heavy atom. The second-order valence-electron chi connectivity index (χ2n) is 11.0. The molecule has 16 heteroatoms. The molecule has 3 N–H and O–H groups in total. The first kappa shape index (κ1) is 33.9. The topological polar surface area (TPSA) is 197 Å². The average Bonchev–Trinajstić information content (AvgIpc) is 3.00. The smallest absolute Gasteiger partial charge is 0.409 e. The van der Waals surface area contributed by atoms with E-state index in [1.807, 2.05) is 0 Å². The number of amides is 3. The van der Waals surface area contributed by atoms with Gasteiger partial charge < -0.3 is 25.4 Å². The third-order valence-corrected chi connectivity index (χ3v) is 11.3. The molecule has 2 aliphatic heterocycles. The van der Waals surface area contributed by atoms with E-state index < -0.39 is 62.1 Å². The van der Waals surface area contributed by atoms with Gasteiger partial charge in [-0.1, -0.05) is 29.8 Å². The zero-order chi connectivity index (χ0) is 32.9. The Morgan fingerprint density at radius 2 is 1.69 bits per heavy atom. The van der Waals surface area contributed by atoms with Gasteiger partial charge in [0.25, 0.3) is 15.9 Å². The number of hydrogen-bond acceptors (Lipinski definition) is 10. The third-order valence-electron chi connectivity index (χ3n) is 7.83. The van der Waals surface area contributed by atoms with Crippen LogP contribution in [-0.2, 0) is 45.4 Å². The minimum absolute atomic E-state index is 0.0908. The van der Waals surface area contributed by atoms with Crippen molar-refractivity contribution >= 4 is 49.4 Å². The molecule has 0 aromatic heterocycles. The number of sulfone groups is 1. The van der Waals surface area contributed by atoms with Crippen LogP contribution in [0.4, 0.5) is 10.5 Å². The molecule has 0 radical (unpaired) electrons. The average molecular weight is 665 g/mol. The van der Waals surface area contributed by atoms with Gasteiger partial charge in [-0.05, 0) is 49.6 Å². The van der Waals surface area contributed by atoms with Crippen molar-refractivity contribution in [2.45, 2.75) is 43.2 Å². The number of anilines is 1. The first-order valence-electron chi connectivity index (χ1n) is 14.3. The van der Waals surface area contributed by atoms with Crippen molar-refractivity contribution in [2.24, 2.45) is 5.92 Å². The quantitative estimate of drug-likeness (QED) is 0.346. The number of aliphatic carboxylic acids is 1. The fourth-order valence-corrected chi connectivity index (χ4v) is 8.21. The van der Waals surface area contributed by atoms with Crippen molar-refractivity contribution < 1.29 is 45.9 Å². The van der Waals surface area contributed by atoms with Crippen LogP contribution in [-0.4, -0.2) is 105 Å². The zero-order valence-electron chi connectivity index (χ0n) is 24.8. The van der Waals surface area contributed by atoms with Gasteiger partial charge in [-0.15, -0.1) is 0 Å². The number of carboxylic acids is 1. The number of nitrogens with zero attached hydrogens (tertiary/aromatic N) is 2. The summed E-state index contributed by atoms with van der Waals surface area (Å²) < 4.78 is 57.2. The van der Waals surface area contributed by atoms with Gasteiger partial charge in [-0.2, -0.15) is 0 Å². The Morgan fingerprint density at radius 3 is 2.24 bits per heavy atom. The van der Waals surface area contributed by atoms with Crippen molar-refractivity contribution in [3.63, 3.8) is 0 Å². The number of likely N-dealkylation sites (tertiary alicyclic amines) is 1. The molecule has 3 amide bonds. The lowest BCUT2D eigenvalue weighted by Gasteiger charge is -2.33. The summed E-state index contributed by atoms with van der Waals surface area (Å²) >= 11 is 0. The van der Waals surface area contributed by atoms with E-state index in [0.717, 1.165) is 5.56 Å². The maximum Gasteiger partial charge on any atom is 0.409 e. The largest absolute Gasteiger partial charge is 0.480 e. The monoisotopic (exact) mass is 664 g/mol. The van der Waals surface area contributed by atoms with Gasteiger partial charge in [0.2, 0.25) is 5.91 Å². The van der Waals surface area contributed by atoms with Crippen LogP contribution in [0.3, 0.4) is 0 Å². The normalized spacial score (nSPS) is 19.2. The number of benzene rings is 2. The molecule has 0 saturated carbocycles. The lowest BCUT2D eigenvalue weighted by Crippen LogP contribution is -2.59. The fourth-order valence-electron chi connectivity index (χ4n) is 5.28. The molecule has 0 spiro atoms. The van der Waals surface area contributed by atoms with E-state index in [9.17, 15) is 41.1 Å². The minimum atomic E-state index is -4.74. The van der Waals surface area contributed by atoms with Crippen LogP contribution >= 0.6 is 0 Å². The number of aryl methyl sites for hydroxylation is 1. The van der Waals surface area contributed by atoms with E-state index >= 15 is 0 Å². The van der Waals surface area contributed by atoms with E-state index in [4.69, 9.17) is 4.74 Å². The van der Waals surface area contributed by atoms with E-state index in [1.165, 1.54) is 60.5 Å². The van der Waals surface area contributed by atoms with Crippen molar-refractivity contribution in [3.05, 3.63) is 59.7 Å². The van der Waals surface area contributed by atoms with Crippen LogP contribution < -0.4 is 10.6 Å². The first-order chi connectivity index (χ1) is 21.2. The number of carbonyl (C=O) groups excluding carboxylic acids is 3. The van der Waals surface area contributed by atoms with E-state index in [1.54, 1.807) is 6.92 Å². The van der Waals surface area contributed by atoms with Gasteiger partial charge >= 0.3 is 12.1 Å². The zero-order valence-corrected chi connectivity index (χ0v) is 26.5. The van der Waals surface area contributed by atoms with E-state index in [-0.39, 0.29) is 33.3 Å². The molecule has 2 aromatic rings. The number of sulfonamides is 1. The Kier molecular flexibility index (Phi) is 10.5. The summed E-state index contributed by atoms with van der Waals surface area (Å²) in [4.78, 5) is 52.0. The van der Waals surface area contributed by atoms with Crippen LogP contribution in [0.15, 0.2) is 53.4 Å². The van der Waals surface area contributed by atoms with Crippen molar-refractivity contribution in [1.82, 2.24) is 14.5 Å². The molecule has 2 aliphatic rings. The van der Waals surface area contributed by atoms with Crippen LogP contribution in [0.1, 0.15) is 24.0 Å². The fraction of sp³-hybridized carbons (Fsp3) is 0.448. The number of carbonyl (C=O) groups is 4. The van der Waals surface area contributed by atoms with Crippen LogP contribution in [0, 0.1) is 12.8 Å².